The molecule has 1 aliphatic carbocycles. The quantitative estimate of drug-likeness (QED) is 0.522. The zero-order valence-corrected chi connectivity index (χ0v) is 21.0. The largest absolute Gasteiger partial charge is 0.328 e. The van der Waals surface area contributed by atoms with Crippen LogP contribution in [0.1, 0.15) is 66.4 Å². The summed E-state index contributed by atoms with van der Waals surface area (Å²) in [5.74, 6) is 0.215. The molecular weight excluding hydrogens is 446 g/mol. The number of halogens is 1. The van der Waals surface area contributed by atoms with Crippen LogP contribution in [0.25, 0.3) is 0 Å². The van der Waals surface area contributed by atoms with Crippen LogP contribution in [0.3, 0.4) is 0 Å². The summed E-state index contributed by atoms with van der Waals surface area (Å²) in [5, 5.41) is 3.65. The Hall–Kier alpha value is -2.21. The van der Waals surface area contributed by atoms with Crippen molar-refractivity contribution in [3.05, 3.63) is 64.2 Å². The number of likely N-dealkylation sites (tertiary alicyclic amines) is 1. The molecule has 5 nitrogen and oxygen atoms in total. The Balaban J connectivity index is 0.000000302. The number of nitrogens with zero attached hydrogens (tertiary/aromatic N) is 1. The molecule has 184 valence electrons. The van der Waals surface area contributed by atoms with Gasteiger partial charge < -0.3 is 20.7 Å². The molecule has 0 radical (unpaired) electrons. The van der Waals surface area contributed by atoms with Crippen molar-refractivity contribution >= 4 is 29.5 Å². The third-order valence-electron chi connectivity index (χ3n) is 6.79. The molecule has 2 aliphatic rings. The second-order valence-electron chi connectivity index (χ2n) is 9.58. The average molecular weight is 484 g/mol. The van der Waals surface area contributed by atoms with E-state index in [-0.39, 0.29) is 5.91 Å². The summed E-state index contributed by atoms with van der Waals surface area (Å²) in [7, 11) is 0. The minimum absolute atomic E-state index is 0.0950. The predicted octanol–water partition coefficient (Wildman–Crippen LogP) is 5.63. The van der Waals surface area contributed by atoms with Gasteiger partial charge in [0.1, 0.15) is 6.29 Å². The molecule has 1 aliphatic heterocycles. The number of aryl methyl sites for hydroxylation is 1. The van der Waals surface area contributed by atoms with E-state index in [0.717, 1.165) is 56.2 Å². The highest BCUT2D eigenvalue weighted by molar-refractivity contribution is 6.30. The topological polar surface area (TPSA) is 75.4 Å². The minimum atomic E-state index is -0.0950. The summed E-state index contributed by atoms with van der Waals surface area (Å²) in [6.45, 7) is 5.42. The van der Waals surface area contributed by atoms with E-state index in [1.54, 1.807) is 12.1 Å². The van der Waals surface area contributed by atoms with Crippen LogP contribution in [-0.4, -0.2) is 42.8 Å². The average Bonchev–Trinajstić information content (AvgIpc) is 2.84. The van der Waals surface area contributed by atoms with Crippen molar-refractivity contribution < 1.29 is 9.59 Å². The SMILES string of the molecule is Cc1cc(Cl)ccc1C(=O)Nc1cccc(CCN2CCCCC2)c1.NC1CCC(C=O)CC1. The van der Waals surface area contributed by atoms with Crippen LogP contribution in [0.15, 0.2) is 42.5 Å². The van der Waals surface area contributed by atoms with E-state index >= 15 is 0 Å². The molecule has 34 heavy (non-hydrogen) atoms. The van der Waals surface area contributed by atoms with E-state index in [2.05, 4.69) is 22.3 Å². The summed E-state index contributed by atoms with van der Waals surface area (Å²) in [5.41, 5.74) is 9.28. The van der Waals surface area contributed by atoms with Gasteiger partial charge in [0.15, 0.2) is 0 Å². The van der Waals surface area contributed by atoms with Crippen LogP contribution in [0, 0.1) is 12.8 Å². The lowest BCUT2D eigenvalue weighted by atomic mass is 9.88. The van der Waals surface area contributed by atoms with Crippen LogP contribution in [0.2, 0.25) is 5.02 Å². The van der Waals surface area contributed by atoms with Gasteiger partial charge in [-0.05, 0) is 106 Å². The van der Waals surface area contributed by atoms with Gasteiger partial charge in [0.2, 0.25) is 0 Å². The van der Waals surface area contributed by atoms with E-state index in [1.165, 1.54) is 37.9 Å². The van der Waals surface area contributed by atoms with Gasteiger partial charge in [0, 0.05) is 34.8 Å². The second kappa shape index (κ2) is 13.6. The number of aldehydes is 1. The summed E-state index contributed by atoms with van der Waals surface area (Å²) in [6, 6.07) is 13.8. The highest BCUT2D eigenvalue weighted by atomic mass is 35.5. The lowest BCUT2D eigenvalue weighted by molar-refractivity contribution is -0.111. The number of carbonyl (C=O) groups excluding carboxylic acids is 2. The van der Waals surface area contributed by atoms with Crippen LogP contribution < -0.4 is 11.1 Å². The first-order chi connectivity index (χ1) is 16.4. The van der Waals surface area contributed by atoms with E-state index in [1.807, 2.05) is 25.1 Å². The van der Waals surface area contributed by atoms with Gasteiger partial charge in [0.25, 0.3) is 5.91 Å². The van der Waals surface area contributed by atoms with E-state index in [9.17, 15) is 9.59 Å². The molecule has 1 saturated heterocycles. The van der Waals surface area contributed by atoms with E-state index in [4.69, 9.17) is 17.3 Å². The number of hydrogen-bond donors (Lipinski definition) is 2. The van der Waals surface area contributed by atoms with Crippen molar-refractivity contribution in [1.29, 1.82) is 0 Å². The van der Waals surface area contributed by atoms with Crippen molar-refractivity contribution in [3.63, 3.8) is 0 Å². The monoisotopic (exact) mass is 483 g/mol. The standard InChI is InChI=1S/C21H25ClN2O.C7H13NO/c1-16-14-18(22)8-9-20(16)21(25)23-19-7-5-6-17(15-19)10-13-24-11-3-2-4-12-24;8-7-3-1-6(5-9)2-4-7/h5-9,14-15H,2-4,10-13H2,1H3,(H,23,25);5-7H,1-4,8H2. The first kappa shape index (κ1) is 26.4. The van der Waals surface area contributed by atoms with Gasteiger partial charge >= 0.3 is 0 Å². The molecule has 4 rings (SSSR count). The van der Waals surface area contributed by atoms with E-state index in [0.29, 0.717) is 22.5 Å². The number of hydrogen-bond acceptors (Lipinski definition) is 4. The number of nitrogens with one attached hydrogen (secondary N) is 1. The molecule has 0 unspecified atom stereocenters. The van der Waals surface area contributed by atoms with Crippen LogP contribution in [-0.2, 0) is 11.2 Å². The predicted molar refractivity (Wildman–Crippen MR) is 141 cm³/mol. The normalized spacial score (nSPS) is 20.7. The molecule has 1 saturated carbocycles. The Bertz CT molecular complexity index is 935. The zero-order valence-electron chi connectivity index (χ0n) is 20.3. The summed E-state index contributed by atoms with van der Waals surface area (Å²) in [4.78, 5) is 25.3. The molecule has 0 atom stereocenters. The van der Waals surface area contributed by atoms with Crippen LogP contribution in [0.4, 0.5) is 5.69 Å². The van der Waals surface area contributed by atoms with Crippen molar-refractivity contribution in [2.75, 3.05) is 25.0 Å². The smallest absolute Gasteiger partial charge is 0.255 e. The molecule has 2 fully saturated rings. The molecule has 0 aromatic heterocycles. The number of nitrogens with two attached hydrogens (primary N) is 1. The van der Waals surface area contributed by atoms with Crippen LogP contribution in [0.5, 0.6) is 0 Å². The molecule has 1 amide bonds. The summed E-state index contributed by atoms with van der Waals surface area (Å²) in [6.07, 6.45) is 10.1. The molecule has 0 spiro atoms. The molecular formula is C28H38ClN3O2. The fourth-order valence-corrected chi connectivity index (χ4v) is 4.86. The van der Waals surface area contributed by atoms with Crippen molar-refractivity contribution in [2.45, 2.75) is 64.3 Å². The van der Waals surface area contributed by atoms with Gasteiger partial charge in [-0.3, -0.25) is 4.79 Å². The number of piperidine rings is 1. The highest BCUT2D eigenvalue weighted by Crippen LogP contribution is 2.21. The fourth-order valence-electron chi connectivity index (χ4n) is 4.64. The minimum Gasteiger partial charge on any atom is -0.328 e. The molecule has 2 aromatic carbocycles. The number of anilines is 1. The van der Waals surface area contributed by atoms with Crippen molar-refractivity contribution in [2.24, 2.45) is 11.7 Å². The maximum atomic E-state index is 12.5. The number of rotatable bonds is 6. The van der Waals surface area contributed by atoms with Crippen molar-refractivity contribution in [1.82, 2.24) is 4.90 Å². The third-order valence-corrected chi connectivity index (χ3v) is 7.03. The van der Waals surface area contributed by atoms with Gasteiger partial charge in [-0.15, -0.1) is 0 Å². The van der Waals surface area contributed by atoms with E-state index < -0.39 is 0 Å². The van der Waals surface area contributed by atoms with Gasteiger partial charge in [-0.2, -0.15) is 0 Å². The Labute approximate surface area is 209 Å². The van der Waals surface area contributed by atoms with Gasteiger partial charge in [-0.1, -0.05) is 30.2 Å². The first-order valence-electron chi connectivity index (χ1n) is 12.5. The second-order valence-corrected chi connectivity index (χ2v) is 10.0. The maximum Gasteiger partial charge on any atom is 0.255 e. The fraction of sp³-hybridized carbons (Fsp3) is 0.500. The van der Waals surface area contributed by atoms with Gasteiger partial charge in [-0.25, -0.2) is 0 Å². The first-order valence-corrected chi connectivity index (χ1v) is 12.9. The molecule has 1 heterocycles. The third kappa shape index (κ3) is 8.53. The Morgan fingerprint density at radius 1 is 1.09 bits per heavy atom. The Morgan fingerprint density at radius 3 is 2.50 bits per heavy atom. The lowest BCUT2D eigenvalue weighted by Gasteiger charge is -2.26. The van der Waals surface area contributed by atoms with Crippen molar-refractivity contribution in [3.8, 4) is 0 Å². The number of benzene rings is 2. The zero-order chi connectivity index (χ0) is 24.3. The summed E-state index contributed by atoms with van der Waals surface area (Å²) < 4.78 is 0. The Kier molecular flexibility index (Phi) is 10.6. The Morgan fingerprint density at radius 2 is 1.82 bits per heavy atom. The number of carbonyl (C=O) groups is 2. The van der Waals surface area contributed by atoms with Gasteiger partial charge in [0.05, 0.1) is 0 Å². The van der Waals surface area contributed by atoms with Crippen LogP contribution >= 0.6 is 11.6 Å². The molecule has 6 heteroatoms. The highest BCUT2D eigenvalue weighted by Gasteiger charge is 2.17. The molecule has 2 aromatic rings. The molecule has 3 N–H and O–H groups in total. The number of amides is 1. The maximum absolute atomic E-state index is 12.5. The lowest BCUT2D eigenvalue weighted by Crippen LogP contribution is -2.31. The summed E-state index contributed by atoms with van der Waals surface area (Å²) >= 11 is 5.97. The molecule has 0 bridgehead atoms.